The number of carbonyl (C=O) groups excluding carboxylic acids is 2. The molecule has 1 heterocycles. The van der Waals surface area contributed by atoms with Crippen molar-refractivity contribution in [3.05, 3.63) is 31.5 Å². The maximum atomic E-state index is 12.1. The largest absolute Gasteiger partial charge is 0.480 e. The molecule has 1 saturated heterocycles. The molecule has 1 aliphatic heterocycles. The fourth-order valence-corrected chi connectivity index (χ4v) is 4.10. The number of amides is 2. The van der Waals surface area contributed by atoms with Gasteiger partial charge in [-0.1, -0.05) is 5.92 Å². The van der Waals surface area contributed by atoms with E-state index in [0.717, 1.165) is 16.7 Å². The molecule has 1 aromatic carbocycles. The molecule has 2 amide bonds. The van der Waals surface area contributed by atoms with Crippen molar-refractivity contribution in [3.63, 3.8) is 0 Å². The number of hydrogen-bond acceptors (Lipinski definition) is 5. The van der Waals surface area contributed by atoms with Crippen molar-refractivity contribution in [3.8, 4) is 18.1 Å². The lowest BCUT2D eigenvalue weighted by atomic mass is 10.2. The van der Waals surface area contributed by atoms with Gasteiger partial charge in [0.05, 0.1) is 20.4 Å². The van der Waals surface area contributed by atoms with E-state index < -0.39 is 23.7 Å². The first-order chi connectivity index (χ1) is 11.3. The van der Waals surface area contributed by atoms with E-state index >= 15 is 0 Å². The van der Waals surface area contributed by atoms with Crippen LogP contribution in [0.3, 0.4) is 0 Å². The molecule has 0 spiro atoms. The summed E-state index contributed by atoms with van der Waals surface area (Å²) in [5, 5.41) is 8.25. The van der Waals surface area contributed by atoms with Crippen molar-refractivity contribution >= 4 is 66.8 Å². The number of carboxylic acid groups (broad SMARTS) is 1. The molecule has 24 heavy (non-hydrogen) atoms. The molecule has 0 aromatic heterocycles. The summed E-state index contributed by atoms with van der Waals surface area (Å²) in [7, 11) is 0. The van der Waals surface area contributed by atoms with Gasteiger partial charge in [-0.15, -0.1) is 6.42 Å². The molecule has 0 radical (unpaired) electrons. The summed E-state index contributed by atoms with van der Waals surface area (Å²) in [4.78, 5) is 35.7. The minimum Gasteiger partial charge on any atom is -0.480 e. The zero-order valence-corrected chi connectivity index (χ0v) is 15.9. The molecule has 0 aliphatic carbocycles. The van der Waals surface area contributed by atoms with Crippen LogP contribution >= 0.6 is 43.6 Å². The highest BCUT2D eigenvalue weighted by molar-refractivity contribution is 9.11. The van der Waals surface area contributed by atoms with Crippen LogP contribution in [0.4, 0.5) is 4.79 Å². The number of imide groups is 1. The number of terminal acetylenes is 1. The van der Waals surface area contributed by atoms with Crippen molar-refractivity contribution < 1.29 is 24.2 Å². The Balaban J connectivity index is 2.28. The minimum atomic E-state index is -1.10. The Kier molecular flexibility index (Phi) is 6.10. The lowest BCUT2D eigenvalue weighted by Gasteiger charge is -2.10. The normalized spacial score (nSPS) is 15.7. The highest BCUT2D eigenvalue weighted by atomic mass is 79.9. The third kappa shape index (κ3) is 4.20. The van der Waals surface area contributed by atoms with Crippen LogP contribution in [0.1, 0.15) is 5.56 Å². The molecule has 0 atom stereocenters. The predicted octanol–water partition coefficient (Wildman–Crippen LogP) is 3.34. The van der Waals surface area contributed by atoms with Crippen molar-refractivity contribution in [2.45, 2.75) is 0 Å². The smallest absolute Gasteiger partial charge is 0.341 e. The van der Waals surface area contributed by atoms with Crippen LogP contribution < -0.4 is 4.74 Å². The van der Waals surface area contributed by atoms with E-state index in [0.29, 0.717) is 20.3 Å². The molecular formula is C15H9Br2NO5S. The van der Waals surface area contributed by atoms with E-state index in [9.17, 15) is 14.4 Å². The molecule has 2 rings (SSSR count). The number of hydrogen-bond donors (Lipinski definition) is 1. The van der Waals surface area contributed by atoms with Crippen LogP contribution in [0.5, 0.6) is 5.75 Å². The number of benzene rings is 1. The third-order valence-corrected chi connectivity index (χ3v) is 4.87. The summed E-state index contributed by atoms with van der Waals surface area (Å²) in [6, 6.07) is 3.30. The topological polar surface area (TPSA) is 83.9 Å². The summed E-state index contributed by atoms with van der Waals surface area (Å²) in [6.45, 7) is -0.557. The van der Waals surface area contributed by atoms with Gasteiger partial charge in [0.2, 0.25) is 0 Å². The first-order valence-corrected chi connectivity index (χ1v) is 8.76. The molecule has 1 aliphatic rings. The second-order valence-corrected chi connectivity index (χ2v) is 7.17. The zero-order chi connectivity index (χ0) is 17.9. The van der Waals surface area contributed by atoms with Crippen LogP contribution in [0, 0.1) is 12.3 Å². The van der Waals surface area contributed by atoms with Gasteiger partial charge in [-0.25, -0.2) is 4.79 Å². The Morgan fingerprint density at radius 2 is 2.00 bits per heavy atom. The number of ether oxygens (including phenoxy) is 1. The summed E-state index contributed by atoms with van der Waals surface area (Å²) in [5.74, 6) is 1.06. The zero-order valence-electron chi connectivity index (χ0n) is 11.9. The number of halogens is 2. The first-order valence-electron chi connectivity index (χ1n) is 6.36. The number of rotatable bonds is 5. The molecule has 0 saturated carbocycles. The van der Waals surface area contributed by atoms with Crippen molar-refractivity contribution in [2.24, 2.45) is 0 Å². The van der Waals surface area contributed by atoms with Gasteiger partial charge in [0.15, 0.2) is 6.61 Å². The van der Waals surface area contributed by atoms with Crippen LogP contribution in [-0.2, 0) is 9.59 Å². The van der Waals surface area contributed by atoms with Gasteiger partial charge < -0.3 is 9.84 Å². The van der Waals surface area contributed by atoms with Gasteiger partial charge in [0.1, 0.15) is 5.75 Å². The Hall–Kier alpha value is -1.76. The average molecular weight is 475 g/mol. The maximum Gasteiger partial charge on any atom is 0.341 e. The minimum absolute atomic E-state index is 0.0721. The Bertz CT molecular complexity index is 777. The first kappa shape index (κ1) is 18.6. The van der Waals surface area contributed by atoms with E-state index in [1.54, 1.807) is 18.2 Å². The van der Waals surface area contributed by atoms with Gasteiger partial charge in [-0.3, -0.25) is 14.5 Å². The third-order valence-electron chi connectivity index (χ3n) is 2.78. The monoisotopic (exact) mass is 473 g/mol. The average Bonchev–Trinajstić information content (AvgIpc) is 2.74. The van der Waals surface area contributed by atoms with Gasteiger partial charge in [-0.2, -0.15) is 0 Å². The molecule has 124 valence electrons. The molecule has 0 bridgehead atoms. The van der Waals surface area contributed by atoms with Crippen LogP contribution in [0.15, 0.2) is 26.0 Å². The lowest BCUT2D eigenvalue weighted by molar-refractivity contribution is -0.139. The van der Waals surface area contributed by atoms with E-state index in [-0.39, 0.29) is 11.4 Å². The fourth-order valence-electron chi connectivity index (χ4n) is 1.81. The standard InChI is InChI=1S/C15H9Br2NO5S/c1-2-3-18-14(21)11(24-15(18)22)6-8-4-9(16)13(10(17)5-8)23-7-12(19)20/h1,4-6H,3,7H2,(H,19,20)/b11-6+. The van der Waals surface area contributed by atoms with Crippen molar-refractivity contribution in [2.75, 3.05) is 13.2 Å². The highest BCUT2D eigenvalue weighted by Crippen LogP contribution is 2.37. The molecule has 1 aromatic rings. The molecule has 1 fully saturated rings. The van der Waals surface area contributed by atoms with Crippen molar-refractivity contribution in [1.82, 2.24) is 4.90 Å². The number of aliphatic carboxylic acids is 1. The number of nitrogens with zero attached hydrogens (tertiary/aromatic N) is 1. The Morgan fingerprint density at radius 3 is 2.54 bits per heavy atom. The number of carboxylic acids is 1. The summed E-state index contributed by atoms with van der Waals surface area (Å²) in [6.07, 6.45) is 6.70. The van der Waals surface area contributed by atoms with Crippen LogP contribution in [-0.4, -0.2) is 40.3 Å². The molecule has 1 N–H and O–H groups in total. The maximum absolute atomic E-state index is 12.1. The van der Waals surface area contributed by atoms with Gasteiger partial charge in [0, 0.05) is 0 Å². The van der Waals surface area contributed by atoms with Gasteiger partial charge >= 0.3 is 5.97 Å². The second kappa shape index (κ2) is 7.88. The van der Waals surface area contributed by atoms with Crippen LogP contribution in [0.25, 0.3) is 6.08 Å². The number of thioether (sulfide) groups is 1. The van der Waals surface area contributed by atoms with Crippen molar-refractivity contribution in [1.29, 1.82) is 0 Å². The number of carbonyl (C=O) groups is 3. The lowest BCUT2D eigenvalue weighted by Crippen LogP contribution is -2.28. The van der Waals surface area contributed by atoms with E-state index in [4.69, 9.17) is 16.3 Å². The Morgan fingerprint density at radius 1 is 1.38 bits per heavy atom. The van der Waals surface area contributed by atoms with Crippen LogP contribution in [0.2, 0.25) is 0 Å². The molecule has 9 heteroatoms. The van der Waals surface area contributed by atoms with Gasteiger partial charge in [-0.05, 0) is 67.4 Å². The predicted molar refractivity (Wildman–Crippen MR) is 96.5 cm³/mol. The quantitative estimate of drug-likeness (QED) is 0.520. The Labute approximate surface area is 158 Å². The van der Waals surface area contributed by atoms with E-state index in [2.05, 4.69) is 37.8 Å². The van der Waals surface area contributed by atoms with E-state index in [1.807, 2.05) is 0 Å². The van der Waals surface area contributed by atoms with E-state index in [1.165, 1.54) is 0 Å². The SMILES string of the molecule is C#CCN1C(=O)S/C(=C/c2cc(Br)c(OCC(=O)O)c(Br)c2)C1=O. The summed E-state index contributed by atoms with van der Waals surface area (Å²) in [5.41, 5.74) is 0.627. The fraction of sp³-hybridized carbons (Fsp3) is 0.133. The summed E-state index contributed by atoms with van der Waals surface area (Å²) < 4.78 is 6.18. The molecule has 6 nitrogen and oxygen atoms in total. The van der Waals surface area contributed by atoms with Gasteiger partial charge in [0.25, 0.3) is 11.1 Å². The summed E-state index contributed by atoms with van der Waals surface area (Å²) >= 11 is 7.39. The highest BCUT2D eigenvalue weighted by Gasteiger charge is 2.34. The second-order valence-electron chi connectivity index (χ2n) is 4.47. The molecular weight excluding hydrogens is 466 g/mol. The molecule has 0 unspecified atom stereocenters.